The monoisotopic (exact) mass is 497 g/mol. The van der Waals surface area contributed by atoms with Crippen molar-refractivity contribution in [3.05, 3.63) is 64.9 Å². The number of rotatable bonds is 10. The van der Waals surface area contributed by atoms with E-state index in [2.05, 4.69) is 5.32 Å². The topological polar surface area (TPSA) is 86.8 Å². The predicted molar refractivity (Wildman–Crippen MR) is 128 cm³/mol. The summed E-state index contributed by atoms with van der Waals surface area (Å²) in [6.07, 6.45) is 1.65. The fraction of sp³-hybridized carbons (Fsp3) is 0.391. The summed E-state index contributed by atoms with van der Waals surface area (Å²) in [5, 5.41) is 3.37. The van der Waals surface area contributed by atoms with Gasteiger partial charge in [0.05, 0.1) is 11.9 Å². The van der Waals surface area contributed by atoms with E-state index >= 15 is 0 Å². The average molecular weight is 498 g/mol. The summed E-state index contributed by atoms with van der Waals surface area (Å²) in [6.45, 7) is 4.84. The fourth-order valence-electron chi connectivity index (χ4n) is 3.08. The lowest BCUT2D eigenvalue weighted by atomic mass is 10.1. The van der Waals surface area contributed by atoms with Crippen LogP contribution < -0.4 is 9.62 Å². The zero-order valence-corrected chi connectivity index (χ0v) is 20.7. The summed E-state index contributed by atoms with van der Waals surface area (Å²) in [5.41, 5.74) is 0.738. The molecule has 1 N–H and O–H groups in total. The van der Waals surface area contributed by atoms with E-state index in [1.807, 2.05) is 13.8 Å². The molecular weight excluding hydrogens is 469 g/mol. The number of benzene rings is 2. The number of carbonyl (C=O) groups excluding carboxylic acids is 2. The van der Waals surface area contributed by atoms with Gasteiger partial charge in [-0.05, 0) is 56.2 Å². The second-order valence-electron chi connectivity index (χ2n) is 7.89. The highest BCUT2D eigenvalue weighted by atomic mass is 35.5. The third kappa shape index (κ3) is 7.71. The molecule has 0 aliphatic rings. The Labute approximate surface area is 199 Å². The van der Waals surface area contributed by atoms with Gasteiger partial charge in [0.25, 0.3) is 0 Å². The summed E-state index contributed by atoms with van der Waals surface area (Å²) in [5.74, 6) is -1.59. The first-order valence-corrected chi connectivity index (χ1v) is 12.7. The van der Waals surface area contributed by atoms with Crippen molar-refractivity contribution in [2.24, 2.45) is 0 Å². The van der Waals surface area contributed by atoms with Crippen LogP contribution in [-0.4, -0.2) is 50.0 Å². The van der Waals surface area contributed by atoms with Crippen LogP contribution in [0.4, 0.5) is 10.1 Å². The SMILES string of the molecule is CCC(C)NC(=O)C(C)N(Cc1ccc(Cl)cc1)C(=O)CN(c1cccc(F)c1)S(C)(=O)=O. The number of sulfonamides is 1. The molecule has 2 aromatic rings. The lowest BCUT2D eigenvalue weighted by Crippen LogP contribution is -2.52. The Hall–Kier alpha value is -2.65. The van der Waals surface area contributed by atoms with Crippen molar-refractivity contribution in [1.29, 1.82) is 0 Å². The molecule has 10 heteroatoms. The highest BCUT2D eigenvalue weighted by Gasteiger charge is 2.30. The van der Waals surface area contributed by atoms with Crippen LogP contribution in [-0.2, 0) is 26.2 Å². The molecule has 2 rings (SSSR count). The van der Waals surface area contributed by atoms with Crippen molar-refractivity contribution >= 4 is 39.1 Å². The molecule has 2 atom stereocenters. The number of nitrogens with one attached hydrogen (secondary N) is 1. The minimum atomic E-state index is -3.91. The second kappa shape index (κ2) is 11.5. The van der Waals surface area contributed by atoms with Gasteiger partial charge in [0, 0.05) is 17.6 Å². The molecule has 33 heavy (non-hydrogen) atoms. The molecule has 0 aliphatic heterocycles. The maximum absolute atomic E-state index is 13.7. The summed E-state index contributed by atoms with van der Waals surface area (Å²) in [7, 11) is -3.91. The smallest absolute Gasteiger partial charge is 0.244 e. The van der Waals surface area contributed by atoms with Crippen molar-refractivity contribution in [1.82, 2.24) is 10.2 Å². The molecule has 7 nitrogen and oxygen atoms in total. The van der Waals surface area contributed by atoms with Gasteiger partial charge in [0.1, 0.15) is 18.4 Å². The maximum atomic E-state index is 13.7. The molecule has 0 saturated carbocycles. The van der Waals surface area contributed by atoms with Crippen molar-refractivity contribution in [3.8, 4) is 0 Å². The Morgan fingerprint density at radius 1 is 1.12 bits per heavy atom. The van der Waals surface area contributed by atoms with Crippen LogP contribution in [0.25, 0.3) is 0 Å². The number of amides is 2. The first-order chi connectivity index (χ1) is 15.4. The number of halogens is 2. The molecule has 2 amide bonds. The van der Waals surface area contributed by atoms with E-state index in [0.29, 0.717) is 17.0 Å². The third-order valence-corrected chi connectivity index (χ3v) is 6.60. The Balaban J connectivity index is 2.37. The van der Waals surface area contributed by atoms with E-state index in [-0.39, 0.29) is 24.2 Å². The highest BCUT2D eigenvalue weighted by molar-refractivity contribution is 7.92. The van der Waals surface area contributed by atoms with Crippen molar-refractivity contribution < 1.29 is 22.4 Å². The maximum Gasteiger partial charge on any atom is 0.244 e. The van der Waals surface area contributed by atoms with Crippen LogP contribution in [0.3, 0.4) is 0 Å². The third-order valence-electron chi connectivity index (χ3n) is 5.21. The Morgan fingerprint density at radius 3 is 2.30 bits per heavy atom. The zero-order chi connectivity index (χ0) is 24.8. The van der Waals surface area contributed by atoms with Gasteiger partial charge in [0.2, 0.25) is 21.8 Å². The summed E-state index contributed by atoms with van der Waals surface area (Å²) in [4.78, 5) is 27.4. The van der Waals surface area contributed by atoms with Gasteiger partial charge in [-0.3, -0.25) is 13.9 Å². The van der Waals surface area contributed by atoms with E-state index in [9.17, 15) is 22.4 Å². The molecular formula is C23H29ClFN3O4S. The Kier molecular flexibility index (Phi) is 9.25. The largest absolute Gasteiger partial charge is 0.352 e. The van der Waals surface area contributed by atoms with Crippen molar-refractivity contribution in [3.63, 3.8) is 0 Å². The molecule has 0 fully saturated rings. The Bertz CT molecular complexity index is 1080. The fourth-order valence-corrected chi connectivity index (χ4v) is 4.05. The molecule has 0 aromatic heterocycles. The second-order valence-corrected chi connectivity index (χ2v) is 10.2. The lowest BCUT2D eigenvalue weighted by molar-refractivity contribution is -0.139. The first-order valence-electron chi connectivity index (χ1n) is 10.5. The van der Waals surface area contributed by atoms with Crippen molar-refractivity contribution in [2.75, 3.05) is 17.1 Å². The number of hydrogen-bond acceptors (Lipinski definition) is 4. The minimum absolute atomic E-state index is 0.0222. The van der Waals surface area contributed by atoms with Crippen LogP contribution in [0.5, 0.6) is 0 Å². The quantitative estimate of drug-likeness (QED) is 0.543. The molecule has 2 aromatic carbocycles. The van der Waals surface area contributed by atoms with Crippen LogP contribution >= 0.6 is 11.6 Å². The predicted octanol–water partition coefficient (Wildman–Crippen LogP) is 3.58. The summed E-state index contributed by atoms with van der Waals surface area (Å²) >= 11 is 5.95. The van der Waals surface area contributed by atoms with Gasteiger partial charge in [-0.2, -0.15) is 0 Å². The first kappa shape index (κ1) is 26.6. The van der Waals surface area contributed by atoms with Crippen molar-refractivity contribution in [2.45, 2.75) is 45.8 Å². The molecule has 0 bridgehead atoms. The van der Waals surface area contributed by atoms with Gasteiger partial charge < -0.3 is 10.2 Å². The van der Waals surface area contributed by atoms with E-state index in [0.717, 1.165) is 16.6 Å². The molecule has 0 aliphatic carbocycles. The standard InChI is InChI=1S/C23H29ClFN3O4S/c1-5-16(2)26-23(30)17(3)27(14-18-9-11-19(24)12-10-18)22(29)15-28(33(4,31)32)21-8-6-7-20(25)13-21/h6-13,16-17H,5,14-15H2,1-4H3,(H,26,30). The van der Waals surface area contributed by atoms with E-state index in [1.54, 1.807) is 31.2 Å². The van der Waals surface area contributed by atoms with Crippen LogP contribution in [0.1, 0.15) is 32.8 Å². The summed E-state index contributed by atoms with van der Waals surface area (Å²) in [6, 6.07) is 10.8. The van der Waals surface area contributed by atoms with Gasteiger partial charge >= 0.3 is 0 Å². The molecule has 2 unspecified atom stereocenters. The summed E-state index contributed by atoms with van der Waals surface area (Å²) < 4.78 is 39.4. The Morgan fingerprint density at radius 2 is 1.76 bits per heavy atom. The van der Waals surface area contributed by atoms with Gasteiger partial charge in [-0.25, -0.2) is 12.8 Å². The van der Waals surface area contributed by atoms with Crippen LogP contribution in [0.15, 0.2) is 48.5 Å². The molecule has 180 valence electrons. The average Bonchev–Trinajstić information content (AvgIpc) is 2.75. The molecule has 0 spiro atoms. The van der Waals surface area contributed by atoms with E-state index in [4.69, 9.17) is 11.6 Å². The number of carbonyl (C=O) groups is 2. The van der Waals surface area contributed by atoms with Gasteiger partial charge in [0.15, 0.2) is 0 Å². The van der Waals surface area contributed by atoms with Crippen LogP contribution in [0.2, 0.25) is 5.02 Å². The highest BCUT2D eigenvalue weighted by Crippen LogP contribution is 2.20. The van der Waals surface area contributed by atoms with Gasteiger partial charge in [-0.1, -0.05) is 36.7 Å². The number of nitrogens with zero attached hydrogens (tertiary/aromatic N) is 2. The number of anilines is 1. The van der Waals surface area contributed by atoms with E-state index in [1.165, 1.54) is 23.1 Å². The minimum Gasteiger partial charge on any atom is -0.352 e. The van der Waals surface area contributed by atoms with Gasteiger partial charge in [-0.15, -0.1) is 0 Å². The normalized spacial score (nSPS) is 13.2. The molecule has 0 saturated heterocycles. The van der Waals surface area contributed by atoms with E-state index < -0.39 is 34.3 Å². The zero-order valence-electron chi connectivity index (χ0n) is 19.1. The number of hydrogen-bond donors (Lipinski definition) is 1. The lowest BCUT2D eigenvalue weighted by Gasteiger charge is -2.32. The van der Waals surface area contributed by atoms with Crippen LogP contribution in [0, 0.1) is 5.82 Å². The molecule has 0 radical (unpaired) electrons. The molecule has 0 heterocycles.